The zero-order valence-electron chi connectivity index (χ0n) is 13.9. The Bertz CT molecular complexity index is 1080. The van der Waals surface area contributed by atoms with Crippen LogP contribution in [0.1, 0.15) is 5.56 Å². The third kappa shape index (κ3) is 3.02. The highest BCUT2D eigenvalue weighted by Gasteiger charge is 2.25. The molecule has 0 spiro atoms. The molecule has 132 valence electrons. The van der Waals surface area contributed by atoms with Crippen LogP contribution in [0.2, 0.25) is 0 Å². The SMILES string of the molecule is COCN1c2cc(Cn3ccc(=O)[nH]c3=O)ccc2Sc2nccnc21. The van der Waals surface area contributed by atoms with Crippen LogP contribution in [-0.2, 0) is 11.3 Å². The van der Waals surface area contributed by atoms with Crippen molar-refractivity contribution in [3.8, 4) is 0 Å². The van der Waals surface area contributed by atoms with Crippen LogP contribution < -0.4 is 16.1 Å². The fourth-order valence-electron chi connectivity index (χ4n) is 2.78. The number of aromatic nitrogens is 4. The van der Waals surface area contributed by atoms with Crippen molar-refractivity contribution < 1.29 is 4.74 Å². The van der Waals surface area contributed by atoms with Gasteiger partial charge < -0.3 is 4.74 Å². The lowest BCUT2D eigenvalue weighted by molar-refractivity contribution is 0.204. The molecule has 0 aliphatic carbocycles. The minimum Gasteiger partial charge on any atom is -0.364 e. The fraction of sp³-hybridized carbons (Fsp3) is 0.176. The number of hydrogen-bond acceptors (Lipinski definition) is 7. The highest BCUT2D eigenvalue weighted by atomic mass is 32.2. The summed E-state index contributed by atoms with van der Waals surface area (Å²) in [5, 5.41) is 0.821. The molecule has 1 aromatic carbocycles. The summed E-state index contributed by atoms with van der Waals surface area (Å²) >= 11 is 1.55. The second-order valence-corrected chi connectivity index (χ2v) is 6.70. The van der Waals surface area contributed by atoms with Gasteiger partial charge >= 0.3 is 5.69 Å². The summed E-state index contributed by atoms with van der Waals surface area (Å²) in [6.45, 7) is 0.684. The molecule has 3 aromatic rings. The van der Waals surface area contributed by atoms with Gasteiger partial charge in [-0.3, -0.25) is 19.2 Å². The predicted molar refractivity (Wildman–Crippen MR) is 97.0 cm³/mol. The lowest BCUT2D eigenvalue weighted by Crippen LogP contribution is -2.29. The van der Waals surface area contributed by atoms with Gasteiger partial charge in [0.05, 0.1) is 12.2 Å². The molecule has 1 N–H and O–H groups in total. The number of methoxy groups -OCH3 is 1. The minimum absolute atomic E-state index is 0.335. The van der Waals surface area contributed by atoms with Gasteiger partial charge in [0.15, 0.2) is 5.82 Å². The van der Waals surface area contributed by atoms with Crippen molar-refractivity contribution in [2.24, 2.45) is 0 Å². The standard InChI is InChI=1S/C17H15N5O3S/c1-25-10-22-12-8-11(9-21-7-4-14(23)20-17(21)24)2-3-13(12)26-16-15(22)18-5-6-19-16/h2-8H,9-10H2,1H3,(H,20,23,24). The Kier molecular flexibility index (Phi) is 4.31. The van der Waals surface area contributed by atoms with E-state index in [1.54, 1.807) is 31.3 Å². The molecule has 2 aromatic heterocycles. The Morgan fingerprint density at radius 1 is 1.19 bits per heavy atom. The quantitative estimate of drug-likeness (QED) is 0.746. The number of rotatable bonds is 4. The van der Waals surface area contributed by atoms with Gasteiger partial charge in [0.25, 0.3) is 5.56 Å². The third-order valence-corrected chi connectivity index (χ3v) is 4.98. The number of anilines is 2. The van der Waals surface area contributed by atoms with Gasteiger partial charge in [0.1, 0.15) is 11.8 Å². The Balaban J connectivity index is 1.73. The lowest BCUT2D eigenvalue weighted by Gasteiger charge is -2.30. The summed E-state index contributed by atoms with van der Waals surface area (Å²) in [7, 11) is 1.63. The van der Waals surface area contributed by atoms with Gasteiger partial charge in [0.2, 0.25) is 0 Å². The van der Waals surface area contributed by atoms with E-state index in [1.807, 2.05) is 23.1 Å². The van der Waals surface area contributed by atoms with Gasteiger partial charge in [0, 0.05) is 36.7 Å². The Hall–Kier alpha value is -2.91. The average molecular weight is 369 g/mol. The monoisotopic (exact) mass is 369 g/mol. The summed E-state index contributed by atoms with van der Waals surface area (Å²) in [6.07, 6.45) is 4.80. The van der Waals surface area contributed by atoms with Crippen molar-refractivity contribution in [1.82, 2.24) is 19.5 Å². The summed E-state index contributed by atoms with van der Waals surface area (Å²) < 4.78 is 6.79. The molecule has 9 heteroatoms. The molecule has 8 nitrogen and oxygen atoms in total. The highest BCUT2D eigenvalue weighted by molar-refractivity contribution is 7.99. The predicted octanol–water partition coefficient (Wildman–Crippen LogP) is 1.58. The summed E-state index contributed by atoms with van der Waals surface area (Å²) in [5.74, 6) is 0.741. The van der Waals surface area contributed by atoms with Crippen LogP contribution in [0.4, 0.5) is 11.5 Å². The van der Waals surface area contributed by atoms with E-state index < -0.39 is 11.2 Å². The molecule has 26 heavy (non-hydrogen) atoms. The van der Waals surface area contributed by atoms with Gasteiger partial charge in [-0.15, -0.1) is 0 Å². The molecule has 0 radical (unpaired) electrons. The van der Waals surface area contributed by atoms with Gasteiger partial charge in [-0.05, 0) is 17.7 Å². The summed E-state index contributed by atoms with van der Waals surface area (Å²) in [6, 6.07) is 7.28. The number of H-pyrrole nitrogens is 1. The van der Waals surface area contributed by atoms with E-state index in [-0.39, 0.29) is 0 Å². The molecule has 3 heterocycles. The van der Waals surface area contributed by atoms with Gasteiger partial charge in [-0.25, -0.2) is 14.8 Å². The molecule has 0 fully saturated rings. The molecule has 1 aliphatic heterocycles. The maximum Gasteiger partial charge on any atom is 0.328 e. The van der Waals surface area contributed by atoms with Crippen molar-refractivity contribution >= 4 is 23.3 Å². The Morgan fingerprint density at radius 3 is 2.85 bits per heavy atom. The fourth-order valence-corrected chi connectivity index (χ4v) is 3.76. The number of nitrogens with one attached hydrogen (secondary N) is 1. The number of nitrogens with zero attached hydrogens (tertiary/aromatic N) is 4. The molecule has 0 amide bonds. The Labute approximate surface area is 152 Å². The zero-order chi connectivity index (χ0) is 18.1. The van der Waals surface area contributed by atoms with Crippen molar-refractivity contribution in [1.29, 1.82) is 0 Å². The second-order valence-electron chi connectivity index (χ2n) is 5.67. The third-order valence-electron chi connectivity index (χ3n) is 3.93. The number of aromatic amines is 1. The van der Waals surface area contributed by atoms with Crippen LogP contribution in [0.25, 0.3) is 0 Å². The normalized spacial score (nSPS) is 12.6. The molecule has 0 unspecified atom stereocenters. The van der Waals surface area contributed by atoms with E-state index in [0.29, 0.717) is 13.3 Å². The van der Waals surface area contributed by atoms with Crippen LogP contribution in [0.15, 0.2) is 62.4 Å². The van der Waals surface area contributed by atoms with E-state index in [4.69, 9.17) is 4.74 Å². The first-order valence-electron chi connectivity index (χ1n) is 7.84. The number of ether oxygens (including phenoxy) is 1. The molecule has 0 saturated heterocycles. The number of hydrogen-bond donors (Lipinski definition) is 1. The first-order chi connectivity index (χ1) is 12.7. The molecule has 1 aliphatic rings. The van der Waals surface area contributed by atoms with Crippen molar-refractivity contribution in [2.75, 3.05) is 18.7 Å². The molecule has 4 rings (SSSR count). The zero-order valence-corrected chi connectivity index (χ0v) is 14.7. The van der Waals surface area contributed by atoms with Gasteiger partial charge in [-0.1, -0.05) is 17.8 Å². The van der Waals surface area contributed by atoms with E-state index in [2.05, 4.69) is 15.0 Å². The number of fused-ring (bicyclic) bond motifs is 2. The van der Waals surface area contributed by atoms with Crippen molar-refractivity contribution in [3.05, 3.63) is 69.3 Å². The maximum absolute atomic E-state index is 11.9. The van der Waals surface area contributed by atoms with E-state index in [9.17, 15) is 9.59 Å². The topological polar surface area (TPSA) is 93.1 Å². The highest BCUT2D eigenvalue weighted by Crippen LogP contribution is 2.46. The first kappa shape index (κ1) is 16.6. The van der Waals surface area contributed by atoms with Crippen LogP contribution in [0, 0.1) is 0 Å². The minimum atomic E-state index is -0.436. The largest absolute Gasteiger partial charge is 0.364 e. The summed E-state index contributed by atoms with van der Waals surface area (Å²) in [4.78, 5) is 37.2. The van der Waals surface area contributed by atoms with Crippen LogP contribution in [0.3, 0.4) is 0 Å². The smallest absolute Gasteiger partial charge is 0.328 e. The maximum atomic E-state index is 11.9. The molecule has 0 atom stereocenters. The van der Waals surface area contributed by atoms with Crippen LogP contribution in [-0.4, -0.2) is 33.4 Å². The summed E-state index contributed by atoms with van der Waals surface area (Å²) in [5.41, 5.74) is 1.02. The van der Waals surface area contributed by atoms with Gasteiger partial charge in [-0.2, -0.15) is 0 Å². The molecular formula is C17H15N5O3S. The Morgan fingerprint density at radius 2 is 2.04 bits per heavy atom. The van der Waals surface area contributed by atoms with Crippen molar-refractivity contribution in [2.45, 2.75) is 16.5 Å². The van der Waals surface area contributed by atoms with E-state index in [0.717, 1.165) is 27.0 Å². The van der Waals surface area contributed by atoms with Crippen LogP contribution >= 0.6 is 11.8 Å². The van der Waals surface area contributed by atoms with Crippen LogP contribution in [0.5, 0.6) is 0 Å². The average Bonchev–Trinajstić information content (AvgIpc) is 2.64. The van der Waals surface area contributed by atoms with E-state index >= 15 is 0 Å². The van der Waals surface area contributed by atoms with E-state index in [1.165, 1.54) is 16.8 Å². The lowest BCUT2D eigenvalue weighted by atomic mass is 10.2. The molecule has 0 saturated carbocycles. The van der Waals surface area contributed by atoms with Crippen molar-refractivity contribution in [3.63, 3.8) is 0 Å². The number of benzene rings is 1. The second kappa shape index (κ2) is 6.77. The molecule has 0 bridgehead atoms. The first-order valence-corrected chi connectivity index (χ1v) is 8.65. The molecular weight excluding hydrogens is 354 g/mol.